The average Bonchev–Trinajstić information content (AvgIpc) is 2.53. The number of aliphatic carboxylic acids is 1. The van der Waals surface area contributed by atoms with Crippen LogP contribution in [0.4, 0.5) is 0 Å². The summed E-state index contributed by atoms with van der Waals surface area (Å²) in [5, 5.41) is 9.38. The molecule has 1 heterocycles. The van der Waals surface area contributed by atoms with Gasteiger partial charge in [-0.25, -0.2) is 8.42 Å². The second-order valence-corrected chi connectivity index (χ2v) is 7.42. The number of rotatable bonds is 4. The summed E-state index contributed by atoms with van der Waals surface area (Å²) in [6, 6.07) is 4.94. The molecule has 1 N–H and O–H groups in total. The van der Waals surface area contributed by atoms with Gasteiger partial charge in [0.2, 0.25) is 10.0 Å². The third-order valence-electron chi connectivity index (χ3n) is 4.00. The standard InChI is InChI=1S/C15H19NO6S/c1-10-3-5-12(6-4-10)23(20,21)16-8-7-11(15(19)22-2)9-13(16)14(17)18/h3-6,11,13H,7-9H2,1-2H3,(H,17,18)/t11-,13-/m1/s1. The van der Waals surface area contributed by atoms with Gasteiger partial charge >= 0.3 is 11.9 Å². The summed E-state index contributed by atoms with van der Waals surface area (Å²) in [4.78, 5) is 23.2. The van der Waals surface area contributed by atoms with Crippen molar-refractivity contribution in [1.29, 1.82) is 0 Å². The fourth-order valence-electron chi connectivity index (χ4n) is 2.68. The molecule has 0 aromatic heterocycles. The first-order valence-electron chi connectivity index (χ1n) is 7.16. The minimum atomic E-state index is -3.93. The van der Waals surface area contributed by atoms with Gasteiger partial charge in [0.15, 0.2) is 0 Å². The van der Waals surface area contributed by atoms with Crippen LogP contribution in [0.5, 0.6) is 0 Å². The number of carboxylic acids is 1. The van der Waals surface area contributed by atoms with Crippen molar-refractivity contribution >= 4 is 22.0 Å². The summed E-state index contributed by atoms with van der Waals surface area (Å²) in [5.41, 5.74) is 0.906. The predicted molar refractivity (Wildman–Crippen MR) is 81.2 cm³/mol. The van der Waals surface area contributed by atoms with Gasteiger partial charge in [0, 0.05) is 6.54 Å². The molecule has 1 fully saturated rings. The fourth-order valence-corrected chi connectivity index (χ4v) is 4.29. The molecule has 126 valence electrons. The Kier molecular flexibility index (Phi) is 5.06. The number of hydrogen-bond donors (Lipinski definition) is 1. The van der Waals surface area contributed by atoms with Crippen molar-refractivity contribution in [2.24, 2.45) is 5.92 Å². The molecule has 0 amide bonds. The largest absolute Gasteiger partial charge is 0.480 e. The van der Waals surface area contributed by atoms with Crippen molar-refractivity contribution in [3.8, 4) is 0 Å². The van der Waals surface area contributed by atoms with Gasteiger partial charge in [-0.3, -0.25) is 9.59 Å². The highest BCUT2D eigenvalue weighted by Gasteiger charge is 2.42. The number of carboxylic acid groups (broad SMARTS) is 1. The molecular formula is C15H19NO6S. The van der Waals surface area contributed by atoms with Crippen LogP contribution >= 0.6 is 0 Å². The van der Waals surface area contributed by atoms with Gasteiger partial charge < -0.3 is 9.84 Å². The number of benzene rings is 1. The maximum Gasteiger partial charge on any atom is 0.322 e. The number of ether oxygens (including phenoxy) is 1. The van der Waals surface area contributed by atoms with Gasteiger partial charge in [-0.15, -0.1) is 0 Å². The summed E-state index contributed by atoms with van der Waals surface area (Å²) in [6.07, 6.45) is 0.147. The zero-order chi connectivity index (χ0) is 17.2. The van der Waals surface area contributed by atoms with E-state index in [0.717, 1.165) is 9.87 Å². The molecule has 0 saturated carbocycles. The number of aryl methyl sites for hydroxylation is 1. The molecule has 1 aromatic carbocycles. The molecule has 0 radical (unpaired) electrons. The Labute approximate surface area is 134 Å². The highest BCUT2D eigenvalue weighted by Crippen LogP contribution is 2.29. The molecular weight excluding hydrogens is 322 g/mol. The number of carbonyl (C=O) groups is 2. The summed E-state index contributed by atoms with van der Waals surface area (Å²) in [5.74, 6) is -2.39. The van der Waals surface area contributed by atoms with Gasteiger partial charge in [-0.05, 0) is 31.9 Å². The Morgan fingerprint density at radius 3 is 2.39 bits per heavy atom. The van der Waals surface area contributed by atoms with E-state index in [0.29, 0.717) is 0 Å². The Morgan fingerprint density at radius 2 is 1.87 bits per heavy atom. The van der Waals surface area contributed by atoms with Crippen LogP contribution in [-0.4, -0.2) is 49.5 Å². The van der Waals surface area contributed by atoms with Crippen molar-refractivity contribution in [2.45, 2.75) is 30.7 Å². The minimum absolute atomic E-state index is 0.0348. The molecule has 1 aliphatic rings. The lowest BCUT2D eigenvalue weighted by Crippen LogP contribution is -2.51. The maximum atomic E-state index is 12.7. The summed E-state index contributed by atoms with van der Waals surface area (Å²) in [7, 11) is -2.70. The van der Waals surface area contributed by atoms with Gasteiger partial charge in [-0.2, -0.15) is 4.31 Å². The van der Waals surface area contributed by atoms with Crippen molar-refractivity contribution in [3.63, 3.8) is 0 Å². The van der Waals surface area contributed by atoms with Gasteiger partial charge in [0.05, 0.1) is 17.9 Å². The van der Waals surface area contributed by atoms with Gasteiger partial charge in [0.25, 0.3) is 0 Å². The lowest BCUT2D eigenvalue weighted by Gasteiger charge is -2.35. The van der Waals surface area contributed by atoms with Crippen LogP contribution in [0.3, 0.4) is 0 Å². The number of nitrogens with zero attached hydrogens (tertiary/aromatic N) is 1. The van der Waals surface area contributed by atoms with Crippen molar-refractivity contribution in [1.82, 2.24) is 4.31 Å². The van der Waals surface area contributed by atoms with E-state index in [2.05, 4.69) is 4.74 Å². The molecule has 1 aliphatic heterocycles. The molecule has 8 heteroatoms. The zero-order valence-electron chi connectivity index (χ0n) is 12.9. The van der Waals surface area contributed by atoms with Gasteiger partial charge in [-0.1, -0.05) is 17.7 Å². The van der Waals surface area contributed by atoms with Crippen LogP contribution in [-0.2, 0) is 24.3 Å². The minimum Gasteiger partial charge on any atom is -0.480 e. The Bertz CT molecular complexity index is 697. The highest BCUT2D eigenvalue weighted by molar-refractivity contribution is 7.89. The van der Waals surface area contributed by atoms with E-state index in [1.165, 1.54) is 19.2 Å². The van der Waals surface area contributed by atoms with E-state index in [1.807, 2.05) is 6.92 Å². The molecule has 0 unspecified atom stereocenters. The molecule has 2 atom stereocenters. The third-order valence-corrected chi connectivity index (χ3v) is 5.92. The molecule has 0 aliphatic carbocycles. The van der Waals surface area contributed by atoms with Crippen LogP contribution < -0.4 is 0 Å². The first-order chi connectivity index (χ1) is 10.8. The van der Waals surface area contributed by atoms with Crippen LogP contribution in [0.1, 0.15) is 18.4 Å². The first kappa shape index (κ1) is 17.4. The smallest absolute Gasteiger partial charge is 0.322 e. The molecule has 2 rings (SSSR count). The van der Waals surface area contributed by atoms with Crippen LogP contribution in [0.15, 0.2) is 29.2 Å². The Hall–Kier alpha value is -1.93. The topological polar surface area (TPSA) is 101 Å². The normalized spacial score (nSPS) is 22.5. The number of carbonyl (C=O) groups excluding carboxylic acids is 1. The summed E-state index contributed by atoms with van der Waals surface area (Å²) < 4.78 is 31.0. The van der Waals surface area contributed by atoms with Crippen molar-refractivity contribution in [2.75, 3.05) is 13.7 Å². The summed E-state index contributed by atoms with van der Waals surface area (Å²) >= 11 is 0. The van der Waals surface area contributed by atoms with E-state index < -0.39 is 33.9 Å². The number of sulfonamides is 1. The highest BCUT2D eigenvalue weighted by atomic mass is 32.2. The van der Waals surface area contributed by atoms with E-state index in [9.17, 15) is 23.1 Å². The Balaban J connectivity index is 2.32. The SMILES string of the molecule is COC(=O)[C@@H]1CCN(S(=O)(=O)c2ccc(C)cc2)[C@@H](C(=O)O)C1. The Morgan fingerprint density at radius 1 is 1.26 bits per heavy atom. The molecule has 1 aromatic rings. The molecule has 0 spiro atoms. The van der Waals surface area contributed by atoms with Crippen LogP contribution in [0, 0.1) is 12.8 Å². The van der Waals surface area contributed by atoms with E-state index in [1.54, 1.807) is 12.1 Å². The van der Waals surface area contributed by atoms with Crippen LogP contribution in [0.25, 0.3) is 0 Å². The zero-order valence-corrected chi connectivity index (χ0v) is 13.7. The fraction of sp³-hybridized carbons (Fsp3) is 0.467. The lowest BCUT2D eigenvalue weighted by molar-refractivity contribution is -0.150. The molecule has 0 bridgehead atoms. The maximum absolute atomic E-state index is 12.7. The number of methoxy groups -OCH3 is 1. The number of hydrogen-bond acceptors (Lipinski definition) is 5. The monoisotopic (exact) mass is 341 g/mol. The molecule has 1 saturated heterocycles. The second-order valence-electron chi connectivity index (χ2n) is 5.53. The van der Waals surface area contributed by atoms with E-state index >= 15 is 0 Å². The van der Waals surface area contributed by atoms with Crippen molar-refractivity contribution < 1.29 is 27.9 Å². The number of esters is 1. The van der Waals surface area contributed by atoms with Crippen molar-refractivity contribution in [3.05, 3.63) is 29.8 Å². The lowest BCUT2D eigenvalue weighted by atomic mass is 9.92. The number of piperidine rings is 1. The quantitative estimate of drug-likeness (QED) is 0.821. The molecule has 7 nitrogen and oxygen atoms in total. The van der Waals surface area contributed by atoms with E-state index in [4.69, 9.17) is 0 Å². The summed E-state index contributed by atoms with van der Waals surface area (Å²) in [6.45, 7) is 1.80. The average molecular weight is 341 g/mol. The first-order valence-corrected chi connectivity index (χ1v) is 8.60. The third kappa shape index (κ3) is 3.53. The molecule has 23 heavy (non-hydrogen) atoms. The van der Waals surface area contributed by atoms with E-state index in [-0.39, 0.29) is 24.3 Å². The predicted octanol–water partition coefficient (Wildman–Crippen LogP) is 1.02. The van der Waals surface area contributed by atoms with Crippen LogP contribution in [0.2, 0.25) is 0 Å². The second kappa shape index (κ2) is 6.67. The van der Waals surface area contributed by atoms with Gasteiger partial charge in [0.1, 0.15) is 6.04 Å².